The van der Waals surface area contributed by atoms with Crippen molar-refractivity contribution in [1.29, 1.82) is 0 Å². The number of benzene rings is 1. The van der Waals surface area contributed by atoms with Crippen molar-refractivity contribution in [3.63, 3.8) is 0 Å². The zero-order chi connectivity index (χ0) is 19.2. The fraction of sp³-hybridized carbons (Fsp3) is 0.429. The van der Waals surface area contributed by atoms with E-state index in [9.17, 15) is 4.79 Å². The number of pyridine rings is 1. The minimum atomic E-state index is 0.0856. The lowest BCUT2D eigenvalue weighted by Gasteiger charge is -2.18. The molecule has 27 heavy (non-hydrogen) atoms. The highest BCUT2D eigenvalue weighted by atomic mass is 16.5. The van der Waals surface area contributed by atoms with Crippen LogP contribution in [0.15, 0.2) is 41.9 Å². The van der Waals surface area contributed by atoms with Gasteiger partial charge in [-0.2, -0.15) is 0 Å². The number of hydrogen-bond donors (Lipinski definition) is 2. The number of carbonyl (C=O) groups excluding carboxylic acids is 1. The van der Waals surface area contributed by atoms with Gasteiger partial charge in [0, 0.05) is 36.7 Å². The topological polar surface area (TPSA) is 72.5 Å². The van der Waals surface area contributed by atoms with Crippen molar-refractivity contribution >= 4 is 22.4 Å². The van der Waals surface area contributed by atoms with Gasteiger partial charge in [-0.1, -0.05) is 6.07 Å². The normalized spacial score (nSPS) is 14.8. The summed E-state index contributed by atoms with van der Waals surface area (Å²) < 4.78 is 10.9. The molecule has 1 aliphatic rings. The van der Waals surface area contributed by atoms with Crippen LogP contribution in [-0.4, -0.2) is 37.1 Å². The molecule has 1 atom stereocenters. The number of carbonyl (C=O) groups is 1. The third-order valence-corrected chi connectivity index (χ3v) is 4.71. The number of hydrogen-bond acceptors (Lipinski definition) is 6. The number of nitrogens with one attached hydrogen (secondary N) is 2. The van der Waals surface area contributed by atoms with E-state index in [0.29, 0.717) is 18.9 Å². The molecule has 2 N–H and O–H groups in total. The maximum atomic E-state index is 11.6. The highest BCUT2D eigenvalue weighted by Crippen LogP contribution is 2.28. The number of methoxy groups -OCH3 is 1. The van der Waals surface area contributed by atoms with Crippen molar-refractivity contribution in [2.75, 3.05) is 25.6 Å². The Kier molecular flexibility index (Phi) is 6.16. The van der Waals surface area contributed by atoms with Gasteiger partial charge in [0.05, 0.1) is 30.5 Å². The second-order valence-corrected chi connectivity index (χ2v) is 6.83. The second kappa shape index (κ2) is 8.75. The van der Waals surface area contributed by atoms with Crippen molar-refractivity contribution in [2.24, 2.45) is 0 Å². The molecule has 1 aliphatic heterocycles. The Labute approximate surface area is 160 Å². The molecular formula is C21H27N3O3. The van der Waals surface area contributed by atoms with Gasteiger partial charge >= 0.3 is 0 Å². The van der Waals surface area contributed by atoms with E-state index in [0.717, 1.165) is 47.3 Å². The molecule has 0 fully saturated rings. The summed E-state index contributed by atoms with van der Waals surface area (Å²) >= 11 is 0. The second-order valence-electron chi connectivity index (χ2n) is 6.83. The van der Waals surface area contributed by atoms with E-state index in [2.05, 4.69) is 22.5 Å². The van der Waals surface area contributed by atoms with E-state index in [1.807, 2.05) is 24.3 Å². The van der Waals surface area contributed by atoms with Gasteiger partial charge in [0.2, 0.25) is 0 Å². The monoisotopic (exact) mass is 369 g/mol. The molecule has 2 aromatic rings. The van der Waals surface area contributed by atoms with E-state index in [1.54, 1.807) is 20.2 Å². The quantitative estimate of drug-likeness (QED) is 0.658. The standard InChI is InChI=1S/C21H27N3O3/c1-14(6-4-10-23-21-18(15(2)25)8-11-27-21)24-19-13-17(26-3)12-16-7-5-9-22-20(16)19/h5,7,9,12-14,23-24H,4,6,8,10-11H2,1-3H3. The summed E-state index contributed by atoms with van der Waals surface area (Å²) in [5, 5.41) is 7.86. The number of rotatable bonds is 9. The largest absolute Gasteiger partial charge is 0.497 e. The Hall–Kier alpha value is -2.76. The minimum Gasteiger partial charge on any atom is -0.497 e. The van der Waals surface area contributed by atoms with Crippen LogP contribution < -0.4 is 15.4 Å². The van der Waals surface area contributed by atoms with Crippen molar-refractivity contribution in [2.45, 2.75) is 39.2 Å². The van der Waals surface area contributed by atoms with Crippen molar-refractivity contribution in [1.82, 2.24) is 10.3 Å². The Balaban J connectivity index is 1.55. The molecule has 2 heterocycles. The van der Waals surface area contributed by atoms with Crippen molar-refractivity contribution in [3.05, 3.63) is 41.9 Å². The lowest BCUT2D eigenvalue weighted by Crippen LogP contribution is -2.21. The summed E-state index contributed by atoms with van der Waals surface area (Å²) in [5.74, 6) is 1.56. The molecule has 1 aromatic heterocycles. The average molecular weight is 369 g/mol. The first-order valence-corrected chi connectivity index (χ1v) is 9.38. The fourth-order valence-electron chi connectivity index (χ4n) is 3.29. The molecule has 0 aliphatic carbocycles. The van der Waals surface area contributed by atoms with Gasteiger partial charge in [0.1, 0.15) is 5.75 Å². The van der Waals surface area contributed by atoms with E-state index in [-0.39, 0.29) is 11.8 Å². The lowest BCUT2D eigenvalue weighted by molar-refractivity contribution is -0.113. The Bertz CT molecular complexity index is 848. The first-order valence-electron chi connectivity index (χ1n) is 9.38. The summed E-state index contributed by atoms with van der Waals surface area (Å²) in [6.07, 6.45) is 4.44. The molecule has 0 amide bonds. The molecule has 0 saturated heterocycles. The Morgan fingerprint density at radius 1 is 1.41 bits per heavy atom. The molecule has 0 spiro atoms. The van der Waals surface area contributed by atoms with Crippen LogP contribution in [0.25, 0.3) is 10.9 Å². The number of nitrogens with zero attached hydrogens (tertiary/aromatic N) is 1. The van der Waals surface area contributed by atoms with Crippen LogP contribution in [-0.2, 0) is 9.53 Å². The zero-order valence-electron chi connectivity index (χ0n) is 16.2. The van der Waals surface area contributed by atoms with E-state index >= 15 is 0 Å². The lowest BCUT2D eigenvalue weighted by atomic mass is 10.1. The third-order valence-electron chi connectivity index (χ3n) is 4.71. The van der Waals surface area contributed by atoms with Crippen molar-refractivity contribution in [3.8, 4) is 5.75 Å². The van der Waals surface area contributed by atoms with Crippen LogP contribution in [0.4, 0.5) is 5.69 Å². The fourth-order valence-corrected chi connectivity index (χ4v) is 3.29. The maximum absolute atomic E-state index is 11.6. The highest BCUT2D eigenvalue weighted by Gasteiger charge is 2.19. The van der Waals surface area contributed by atoms with Crippen LogP contribution in [0.5, 0.6) is 5.75 Å². The SMILES string of the molecule is COc1cc(NC(C)CCCNC2=C(C(C)=O)CCO2)c2ncccc2c1. The van der Waals surface area contributed by atoms with Gasteiger partial charge in [-0.25, -0.2) is 0 Å². The zero-order valence-corrected chi connectivity index (χ0v) is 16.2. The molecule has 0 saturated carbocycles. The highest BCUT2D eigenvalue weighted by molar-refractivity contribution is 5.94. The van der Waals surface area contributed by atoms with E-state index in [1.165, 1.54) is 0 Å². The van der Waals surface area contributed by atoms with Crippen LogP contribution in [0.2, 0.25) is 0 Å². The summed E-state index contributed by atoms with van der Waals surface area (Å²) in [4.78, 5) is 16.1. The number of aromatic nitrogens is 1. The molecule has 1 unspecified atom stereocenters. The van der Waals surface area contributed by atoms with Crippen LogP contribution in [0.1, 0.15) is 33.1 Å². The van der Waals surface area contributed by atoms with Gasteiger partial charge in [0.15, 0.2) is 11.7 Å². The Morgan fingerprint density at radius 3 is 3.04 bits per heavy atom. The summed E-state index contributed by atoms with van der Waals surface area (Å²) in [7, 11) is 1.67. The van der Waals surface area contributed by atoms with Crippen LogP contribution in [0.3, 0.4) is 0 Å². The smallest absolute Gasteiger partial charge is 0.193 e. The number of Topliss-reactive ketones (excluding diaryl/α,β-unsaturated/α-hetero) is 1. The van der Waals surface area contributed by atoms with Crippen LogP contribution >= 0.6 is 0 Å². The van der Waals surface area contributed by atoms with Gasteiger partial charge in [-0.05, 0) is 38.8 Å². The van der Waals surface area contributed by atoms with E-state index in [4.69, 9.17) is 9.47 Å². The summed E-state index contributed by atoms with van der Waals surface area (Å²) in [5.41, 5.74) is 2.69. The first kappa shape index (κ1) is 19.0. The van der Waals surface area contributed by atoms with Gasteiger partial charge < -0.3 is 20.1 Å². The molecule has 0 bridgehead atoms. The van der Waals surface area contributed by atoms with Gasteiger partial charge in [-0.15, -0.1) is 0 Å². The Morgan fingerprint density at radius 2 is 2.26 bits per heavy atom. The van der Waals surface area contributed by atoms with Crippen LogP contribution in [0, 0.1) is 0 Å². The molecule has 6 nitrogen and oxygen atoms in total. The molecule has 3 rings (SSSR count). The first-order chi connectivity index (χ1) is 13.1. The average Bonchev–Trinajstić information content (AvgIpc) is 3.14. The molecule has 144 valence electrons. The number of anilines is 1. The number of fused-ring (bicyclic) bond motifs is 1. The maximum Gasteiger partial charge on any atom is 0.193 e. The molecule has 1 aromatic carbocycles. The molecule has 6 heteroatoms. The number of ketones is 1. The predicted molar refractivity (Wildman–Crippen MR) is 107 cm³/mol. The minimum absolute atomic E-state index is 0.0856. The number of ether oxygens (including phenoxy) is 2. The van der Waals surface area contributed by atoms with Gasteiger partial charge in [-0.3, -0.25) is 9.78 Å². The van der Waals surface area contributed by atoms with Gasteiger partial charge in [0.25, 0.3) is 0 Å². The predicted octanol–water partition coefficient (Wildman–Crippen LogP) is 3.63. The summed E-state index contributed by atoms with van der Waals surface area (Å²) in [6.45, 7) is 5.10. The molecular weight excluding hydrogens is 342 g/mol. The van der Waals surface area contributed by atoms with E-state index < -0.39 is 0 Å². The van der Waals surface area contributed by atoms with Crippen molar-refractivity contribution < 1.29 is 14.3 Å². The molecule has 0 radical (unpaired) electrons. The summed E-state index contributed by atoms with van der Waals surface area (Å²) in [6, 6.07) is 8.21. The third kappa shape index (κ3) is 4.70.